The number of rotatable bonds is 5. The average Bonchev–Trinajstić information content (AvgIpc) is 2.63. The number of nitrogens with zero attached hydrogens (tertiary/aromatic N) is 1. The van der Waals surface area contributed by atoms with Crippen LogP contribution in [0.3, 0.4) is 0 Å². The molecule has 6 heteroatoms. The summed E-state index contributed by atoms with van der Waals surface area (Å²) in [7, 11) is 0. The van der Waals surface area contributed by atoms with Crippen LogP contribution in [0.15, 0.2) is 30.3 Å². The molecule has 0 fully saturated rings. The molecule has 0 unspecified atom stereocenters. The van der Waals surface area contributed by atoms with E-state index in [1.54, 1.807) is 18.2 Å². The third-order valence-corrected chi connectivity index (χ3v) is 3.91. The first-order chi connectivity index (χ1) is 11.7. The van der Waals surface area contributed by atoms with Crippen molar-refractivity contribution in [3.63, 3.8) is 0 Å². The molecular formula is C18H17NO5. The van der Waals surface area contributed by atoms with E-state index >= 15 is 0 Å². The summed E-state index contributed by atoms with van der Waals surface area (Å²) in [6.45, 7) is 4.20. The summed E-state index contributed by atoms with van der Waals surface area (Å²) in [4.78, 5) is 47.8. The van der Waals surface area contributed by atoms with Gasteiger partial charge in [0.1, 0.15) is 6.79 Å². The fourth-order valence-corrected chi connectivity index (χ4v) is 2.86. The summed E-state index contributed by atoms with van der Waals surface area (Å²) in [5.74, 6) is -1.22. The topological polar surface area (TPSA) is 80.8 Å². The maximum Gasteiger partial charge on any atom is 0.321 e. The van der Waals surface area contributed by atoms with Gasteiger partial charge in [-0.05, 0) is 35.9 Å². The van der Waals surface area contributed by atoms with E-state index in [-0.39, 0.29) is 6.47 Å². The second kappa shape index (κ2) is 7.50. The van der Waals surface area contributed by atoms with Gasteiger partial charge in [0.05, 0.1) is 11.1 Å². The second-order valence-corrected chi connectivity index (χ2v) is 5.21. The predicted octanol–water partition coefficient (Wildman–Crippen LogP) is 2.68. The van der Waals surface area contributed by atoms with Crippen molar-refractivity contribution in [3.05, 3.63) is 47.0 Å². The van der Waals surface area contributed by atoms with E-state index in [0.29, 0.717) is 21.6 Å². The van der Waals surface area contributed by atoms with Crippen LogP contribution >= 0.6 is 0 Å². The fraction of sp³-hybridized carbons (Fsp3) is 0.222. The lowest BCUT2D eigenvalue weighted by atomic mass is 9.90. The van der Waals surface area contributed by atoms with Gasteiger partial charge >= 0.3 is 6.47 Å². The summed E-state index contributed by atoms with van der Waals surface area (Å²) in [5, 5.41) is 2.07. The van der Waals surface area contributed by atoms with Crippen LogP contribution in [0.2, 0.25) is 0 Å². The van der Waals surface area contributed by atoms with Crippen LogP contribution in [0.5, 0.6) is 0 Å². The lowest BCUT2D eigenvalue weighted by Gasteiger charge is -2.24. The Morgan fingerprint density at radius 3 is 2.38 bits per heavy atom. The molecule has 3 rings (SSSR count). The zero-order valence-electron chi connectivity index (χ0n) is 13.3. The minimum Gasteiger partial charge on any atom is -0.333 e. The Balaban J connectivity index is 0.00000100. The van der Waals surface area contributed by atoms with Gasteiger partial charge in [-0.25, -0.2) is 0 Å². The van der Waals surface area contributed by atoms with Crippen molar-refractivity contribution in [1.29, 1.82) is 0 Å². The van der Waals surface area contributed by atoms with Crippen LogP contribution in [-0.2, 0) is 20.8 Å². The first kappa shape index (κ1) is 17.3. The van der Waals surface area contributed by atoms with E-state index < -0.39 is 11.8 Å². The van der Waals surface area contributed by atoms with Gasteiger partial charge in [-0.15, -0.1) is 0 Å². The number of carbonyl (C=O) groups is 4. The summed E-state index contributed by atoms with van der Waals surface area (Å²) in [6, 6.07) is 8.95. The highest BCUT2D eigenvalue weighted by atomic mass is 16.7. The van der Waals surface area contributed by atoms with Gasteiger partial charge in [-0.1, -0.05) is 36.6 Å². The van der Waals surface area contributed by atoms with E-state index in [4.69, 9.17) is 4.79 Å². The van der Waals surface area contributed by atoms with Gasteiger partial charge in [-0.2, -0.15) is 0 Å². The molecule has 0 bridgehead atoms. The van der Waals surface area contributed by atoms with Gasteiger partial charge in [0.15, 0.2) is 0 Å². The van der Waals surface area contributed by atoms with Crippen LogP contribution in [-0.4, -0.2) is 30.1 Å². The van der Waals surface area contributed by atoms with E-state index in [0.717, 1.165) is 30.2 Å². The summed E-state index contributed by atoms with van der Waals surface area (Å²) < 4.78 is 0. The van der Waals surface area contributed by atoms with E-state index in [1.807, 2.05) is 18.9 Å². The van der Waals surface area contributed by atoms with Gasteiger partial charge in [0.2, 0.25) is 0 Å². The zero-order valence-corrected chi connectivity index (χ0v) is 13.3. The number of aryl methyl sites for hydroxylation is 1. The quantitative estimate of drug-likeness (QED) is 0.623. The molecule has 0 spiro atoms. The molecule has 0 atom stereocenters. The summed E-state index contributed by atoms with van der Waals surface area (Å²) in [6.07, 6.45) is 3.01. The fourth-order valence-electron chi connectivity index (χ4n) is 2.86. The van der Waals surface area contributed by atoms with E-state index in [1.165, 1.54) is 0 Å². The Morgan fingerprint density at radius 1 is 1.08 bits per heavy atom. The lowest BCUT2D eigenvalue weighted by Crippen LogP contribution is -2.40. The molecule has 2 amide bonds. The second-order valence-electron chi connectivity index (χ2n) is 5.21. The number of hydrogen-bond acceptors (Lipinski definition) is 5. The highest BCUT2D eigenvalue weighted by Crippen LogP contribution is 2.32. The SMILES string of the molecule is C=O.CCCCc1ccc2c3c(cccc13)C(=O)N(OC=O)C2=O. The average molecular weight is 327 g/mol. The molecule has 6 nitrogen and oxygen atoms in total. The monoisotopic (exact) mass is 327 g/mol. The van der Waals surface area contributed by atoms with Gasteiger partial charge in [-0.3, -0.25) is 14.4 Å². The Labute approximate surface area is 139 Å². The van der Waals surface area contributed by atoms with Crippen LogP contribution in [0, 0.1) is 0 Å². The van der Waals surface area contributed by atoms with Crippen LogP contribution in [0.4, 0.5) is 0 Å². The smallest absolute Gasteiger partial charge is 0.321 e. The van der Waals surface area contributed by atoms with Crippen molar-refractivity contribution in [2.45, 2.75) is 26.2 Å². The minimum atomic E-state index is -0.608. The Hall–Kier alpha value is -3.02. The molecule has 1 aliphatic rings. The Bertz CT molecular complexity index is 777. The molecule has 0 N–H and O–H groups in total. The van der Waals surface area contributed by atoms with Crippen molar-refractivity contribution in [1.82, 2.24) is 5.06 Å². The van der Waals surface area contributed by atoms with Crippen molar-refractivity contribution < 1.29 is 24.0 Å². The van der Waals surface area contributed by atoms with Gasteiger partial charge in [0, 0.05) is 5.39 Å². The molecule has 2 aromatic rings. The maximum absolute atomic E-state index is 12.4. The normalized spacial score (nSPS) is 12.6. The van der Waals surface area contributed by atoms with E-state index in [2.05, 4.69) is 11.8 Å². The predicted molar refractivity (Wildman–Crippen MR) is 87.3 cm³/mol. The first-order valence-electron chi connectivity index (χ1n) is 7.51. The molecule has 0 radical (unpaired) electrons. The largest absolute Gasteiger partial charge is 0.333 e. The summed E-state index contributed by atoms with van der Waals surface area (Å²) in [5.41, 5.74) is 1.88. The number of carbonyl (C=O) groups excluding carboxylic acids is 4. The van der Waals surface area contributed by atoms with Crippen molar-refractivity contribution in [2.75, 3.05) is 0 Å². The minimum absolute atomic E-state index is 0.0799. The number of imide groups is 1. The van der Waals surface area contributed by atoms with Crippen LogP contribution in [0.25, 0.3) is 10.8 Å². The Morgan fingerprint density at radius 2 is 1.75 bits per heavy atom. The van der Waals surface area contributed by atoms with Gasteiger partial charge < -0.3 is 9.63 Å². The molecule has 2 aromatic carbocycles. The molecule has 24 heavy (non-hydrogen) atoms. The first-order valence-corrected chi connectivity index (χ1v) is 7.51. The Kier molecular flexibility index (Phi) is 5.42. The lowest BCUT2D eigenvalue weighted by molar-refractivity contribution is -0.152. The number of hydrogen-bond donors (Lipinski definition) is 0. The summed E-state index contributed by atoms with van der Waals surface area (Å²) >= 11 is 0. The third-order valence-electron chi connectivity index (χ3n) is 3.91. The van der Waals surface area contributed by atoms with Gasteiger partial charge in [0.25, 0.3) is 11.8 Å². The molecule has 0 aliphatic carbocycles. The molecule has 0 aromatic heterocycles. The number of amides is 2. The van der Waals surface area contributed by atoms with Crippen LogP contribution < -0.4 is 0 Å². The highest BCUT2D eigenvalue weighted by molar-refractivity contribution is 6.25. The molecular weight excluding hydrogens is 310 g/mol. The van der Waals surface area contributed by atoms with Crippen molar-refractivity contribution in [3.8, 4) is 0 Å². The molecule has 1 heterocycles. The molecule has 1 aliphatic heterocycles. The molecule has 0 saturated carbocycles. The molecule has 124 valence electrons. The highest BCUT2D eigenvalue weighted by Gasteiger charge is 2.35. The van der Waals surface area contributed by atoms with E-state index in [9.17, 15) is 14.4 Å². The molecule has 0 saturated heterocycles. The van der Waals surface area contributed by atoms with Crippen molar-refractivity contribution >= 4 is 35.8 Å². The number of hydroxylamine groups is 2. The maximum atomic E-state index is 12.4. The standard InChI is InChI=1S/C17H15NO4.CH2O/c1-2-3-5-11-8-9-14-15-12(11)6-4-7-13(15)16(20)18(17(14)21)22-10-19;1-2/h4,6-10H,2-3,5H2,1H3;1H2. The van der Waals surface area contributed by atoms with Crippen LogP contribution in [0.1, 0.15) is 46.0 Å². The number of unbranched alkanes of at least 4 members (excludes halogenated alkanes) is 1. The zero-order chi connectivity index (χ0) is 17.7. The number of benzene rings is 2. The third kappa shape index (κ3) is 2.78. The van der Waals surface area contributed by atoms with Crippen molar-refractivity contribution in [2.24, 2.45) is 0 Å².